The lowest BCUT2D eigenvalue weighted by Crippen LogP contribution is -2.22. The van der Waals surface area contributed by atoms with Crippen molar-refractivity contribution in [2.24, 2.45) is 7.05 Å². The van der Waals surface area contributed by atoms with Gasteiger partial charge >= 0.3 is 0 Å². The van der Waals surface area contributed by atoms with Crippen molar-refractivity contribution < 1.29 is 8.78 Å². The maximum Gasteiger partial charge on any atom is 0.130 e. The second-order valence-electron chi connectivity index (χ2n) is 4.19. The Bertz CT molecular complexity index is 517. The summed E-state index contributed by atoms with van der Waals surface area (Å²) in [6.07, 6.45) is 3.51. The van der Waals surface area contributed by atoms with Gasteiger partial charge in [-0.25, -0.2) is 13.8 Å². The Morgan fingerprint density at radius 3 is 2.56 bits per heavy atom. The van der Waals surface area contributed by atoms with Crippen molar-refractivity contribution in [3.63, 3.8) is 0 Å². The molecule has 0 saturated carbocycles. The van der Waals surface area contributed by atoms with Crippen molar-refractivity contribution >= 4 is 0 Å². The first-order chi connectivity index (χ1) is 8.59. The molecular formula is C13H15F2N3. The van der Waals surface area contributed by atoms with E-state index in [9.17, 15) is 8.78 Å². The number of imidazole rings is 1. The first-order valence-corrected chi connectivity index (χ1v) is 5.73. The van der Waals surface area contributed by atoms with Crippen LogP contribution in [0.25, 0.3) is 0 Å². The highest BCUT2D eigenvalue weighted by Crippen LogP contribution is 2.20. The highest BCUT2D eigenvalue weighted by atomic mass is 19.1. The predicted octanol–water partition coefficient (Wildman–Crippen LogP) is 2.55. The summed E-state index contributed by atoms with van der Waals surface area (Å²) in [5, 5.41) is 3.06. The van der Waals surface area contributed by atoms with Gasteiger partial charge < -0.3 is 9.88 Å². The third-order valence-electron chi connectivity index (χ3n) is 2.92. The lowest BCUT2D eigenvalue weighted by atomic mass is 10.1. The molecule has 0 aliphatic rings. The van der Waals surface area contributed by atoms with E-state index in [0.29, 0.717) is 6.54 Å². The number of hydrogen-bond acceptors (Lipinski definition) is 2. The second kappa shape index (κ2) is 5.27. The van der Waals surface area contributed by atoms with Crippen molar-refractivity contribution in [1.29, 1.82) is 0 Å². The van der Waals surface area contributed by atoms with E-state index >= 15 is 0 Å². The van der Waals surface area contributed by atoms with Gasteiger partial charge in [0.1, 0.15) is 17.5 Å². The van der Waals surface area contributed by atoms with Crippen LogP contribution in [-0.4, -0.2) is 9.55 Å². The number of hydrogen-bond donors (Lipinski definition) is 1. The predicted molar refractivity (Wildman–Crippen MR) is 64.8 cm³/mol. The molecule has 0 saturated heterocycles. The summed E-state index contributed by atoms with van der Waals surface area (Å²) in [5.41, 5.74) is 0.0618. The second-order valence-corrected chi connectivity index (χ2v) is 4.19. The van der Waals surface area contributed by atoms with Gasteiger partial charge in [0.25, 0.3) is 0 Å². The van der Waals surface area contributed by atoms with E-state index in [1.165, 1.54) is 18.2 Å². The van der Waals surface area contributed by atoms with Gasteiger partial charge in [-0.2, -0.15) is 0 Å². The zero-order valence-corrected chi connectivity index (χ0v) is 10.3. The molecule has 1 aromatic carbocycles. The van der Waals surface area contributed by atoms with Crippen LogP contribution in [0.1, 0.15) is 24.4 Å². The Hall–Kier alpha value is -1.75. The van der Waals surface area contributed by atoms with Crippen LogP contribution in [0.3, 0.4) is 0 Å². The molecule has 0 spiro atoms. The molecule has 3 nitrogen and oxygen atoms in total. The fraction of sp³-hybridized carbons (Fsp3) is 0.308. The molecule has 0 amide bonds. The van der Waals surface area contributed by atoms with Crippen LogP contribution in [0, 0.1) is 11.6 Å². The zero-order valence-electron chi connectivity index (χ0n) is 10.3. The molecule has 2 rings (SSSR count). The largest absolute Gasteiger partial charge is 0.337 e. The summed E-state index contributed by atoms with van der Waals surface area (Å²) in [4.78, 5) is 4.14. The molecule has 0 aliphatic carbocycles. The summed E-state index contributed by atoms with van der Waals surface area (Å²) in [7, 11) is 1.87. The van der Waals surface area contributed by atoms with E-state index in [4.69, 9.17) is 0 Å². The number of halogens is 2. The van der Waals surface area contributed by atoms with Gasteiger partial charge in [-0.05, 0) is 19.1 Å². The topological polar surface area (TPSA) is 29.9 Å². The van der Waals surface area contributed by atoms with Crippen LogP contribution in [0.15, 0.2) is 30.6 Å². The molecule has 96 valence electrons. The van der Waals surface area contributed by atoms with E-state index in [2.05, 4.69) is 10.3 Å². The normalized spacial score (nSPS) is 12.7. The average Bonchev–Trinajstić information content (AvgIpc) is 2.72. The van der Waals surface area contributed by atoms with E-state index in [1.807, 2.05) is 17.8 Å². The van der Waals surface area contributed by atoms with Gasteiger partial charge in [-0.1, -0.05) is 6.07 Å². The maximum atomic E-state index is 13.5. The van der Waals surface area contributed by atoms with Gasteiger partial charge in [0.2, 0.25) is 0 Å². The van der Waals surface area contributed by atoms with E-state index in [-0.39, 0.29) is 5.56 Å². The Balaban J connectivity index is 2.08. The van der Waals surface area contributed by atoms with Crippen LogP contribution < -0.4 is 5.32 Å². The zero-order chi connectivity index (χ0) is 13.1. The number of rotatable bonds is 4. The number of aryl methyl sites for hydroxylation is 1. The molecule has 1 unspecified atom stereocenters. The monoisotopic (exact) mass is 251 g/mol. The standard InChI is InChI=1S/C13H15F2N3/c1-9(13-10(14)4-3-5-11(13)15)17-8-12-16-6-7-18(12)2/h3-7,9,17H,8H2,1-2H3. The molecule has 5 heteroatoms. The molecule has 1 N–H and O–H groups in total. The van der Waals surface area contributed by atoms with Gasteiger partial charge in [0.05, 0.1) is 6.54 Å². The minimum Gasteiger partial charge on any atom is -0.337 e. The van der Waals surface area contributed by atoms with Crippen LogP contribution >= 0.6 is 0 Å². The summed E-state index contributed by atoms with van der Waals surface area (Å²) in [5.74, 6) is -0.247. The smallest absolute Gasteiger partial charge is 0.130 e. The summed E-state index contributed by atoms with van der Waals surface area (Å²) >= 11 is 0. The van der Waals surface area contributed by atoms with Crippen molar-refractivity contribution in [2.45, 2.75) is 19.5 Å². The molecule has 0 bridgehead atoms. The molecule has 18 heavy (non-hydrogen) atoms. The highest BCUT2D eigenvalue weighted by molar-refractivity contribution is 5.22. The van der Waals surface area contributed by atoms with Crippen molar-refractivity contribution in [2.75, 3.05) is 0 Å². The van der Waals surface area contributed by atoms with Gasteiger partial charge in [-0.15, -0.1) is 0 Å². The summed E-state index contributed by atoms with van der Waals surface area (Å²) in [6.45, 7) is 2.18. The lowest BCUT2D eigenvalue weighted by molar-refractivity contribution is 0.479. The Labute approximate surface area is 104 Å². The van der Waals surface area contributed by atoms with E-state index < -0.39 is 17.7 Å². The van der Waals surface area contributed by atoms with Crippen LogP contribution in [0.2, 0.25) is 0 Å². The third-order valence-corrected chi connectivity index (χ3v) is 2.92. The lowest BCUT2D eigenvalue weighted by Gasteiger charge is -2.15. The van der Waals surface area contributed by atoms with E-state index in [1.54, 1.807) is 13.1 Å². The third kappa shape index (κ3) is 2.56. The van der Waals surface area contributed by atoms with E-state index in [0.717, 1.165) is 5.82 Å². The number of aromatic nitrogens is 2. The molecule has 0 radical (unpaired) electrons. The minimum atomic E-state index is -0.533. The van der Waals surface area contributed by atoms with Gasteiger partial charge in [0.15, 0.2) is 0 Å². The average molecular weight is 251 g/mol. The highest BCUT2D eigenvalue weighted by Gasteiger charge is 2.15. The van der Waals surface area contributed by atoms with Gasteiger partial charge in [0, 0.05) is 31.0 Å². The molecular weight excluding hydrogens is 236 g/mol. The Kier molecular flexibility index (Phi) is 3.72. The first-order valence-electron chi connectivity index (χ1n) is 5.73. The summed E-state index contributed by atoms with van der Waals surface area (Å²) < 4.78 is 28.9. The minimum absolute atomic E-state index is 0.0618. The number of nitrogens with zero attached hydrogens (tertiary/aromatic N) is 2. The molecule has 1 aromatic heterocycles. The molecule has 1 atom stereocenters. The molecule has 0 aliphatic heterocycles. The summed E-state index contributed by atoms with van der Waals surface area (Å²) in [6, 6.07) is 3.47. The SMILES string of the molecule is CC(NCc1nccn1C)c1c(F)cccc1F. The number of benzene rings is 1. The van der Waals surface area contributed by atoms with Gasteiger partial charge in [-0.3, -0.25) is 0 Å². The maximum absolute atomic E-state index is 13.5. The van der Waals surface area contributed by atoms with Crippen molar-refractivity contribution in [3.8, 4) is 0 Å². The van der Waals surface area contributed by atoms with Crippen LogP contribution in [-0.2, 0) is 13.6 Å². The Morgan fingerprint density at radius 1 is 1.33 bits per heavy atom. The Morgan fingerprint density at radius 2 is 2.00 bits per heavy atom. The molecule has 1 heterocycles. The van der Waals surface area contributed by atoms with Crippen molar-refractivity contribution in [1.82, 2.24) is 14.9 Å². The number of nitrogens with one attached hydrogen (secondary N) is 1. The first kappa shape index (κ1) is 12.7. The molecule has 2 aromatic rings. The molecule has 0 fully saturated rings. The van der Waals surface area contributed by atoms with Crippen LogP contribution in [0.4, 0.5) is 8.78 Å². The van der Waals surface area contributed by atoms with Crippen molar-refractivity contribution in [3.05, 3.63) is 53.6 Å². The fourth-order valence-electron chi connectivity index (χ4n) is 1.84. The quantitative estimate of drug-likeness (QED) is 0.905. The fourth-order valence-corrected chi connectivity index (χ4v) is 1.84. The van der Waals surface area contributed by atoms with Crippen LogP contribution in [0.5, 0.6) is 0 Å².